The van der Waals surface area contributed by atoms with Crippen molar-refractivity contribution in [2.24, 2.45) is 0 Å². The van der Waals surface area contributed by atoms with Gasteiger partial charge in [0.25, 0.3) is 0 Å². The number of imidazole rings is 1. The second kappa shape index (κ2) is 31.1. The van der Waals surface area contributed by atoms with Gasteiger partial charge in [-0.3, -0.25) is 19.0 Å². The average molecular weight is 831 g/mol. The Balaban J connectivity index is 1.67. The van der Waals surface area contributed by atoms with Crippen molar-refractivity contribution in [1.82, 2.24) is 19.5 Å². The fourth-order valence-electron chi connectivity index (χ4n) is 7.81. The summed E-state index contributed by atoms with van der Waals surface area (Å²) < 4.78 is 26.7. The zero-order valence-electron chi connectivity index (χ0n) is 36.5. The fraction of sp³-hybridized carbons (Fsp3) is 0.826. The van der Waals surface area contributed by atoms with Crippen molar-refractivity contribution in [2.45, 2.75) is 238 Å². The van der Waals surface area contributed by atoms with Crippen LogP contribution >= 0.6 is 12.2 Å². The van der Waals surface area contributed by atoms with Crippen molar-refractivity contribution in [3.63, 3.8) is 0 Å². The van der Waals surface area contributed by atoms with E-state index in [1.807, 2.05) is 0 Å². The van der Waals surface area contributed by atoms with Gasteiger partial charge in [0.2, 0.25) is 0 Å². The number of nitrogens with zero attached hydrogens (tertiary/aromatic N) is 3. The summed E-state index contributed by atoms with van der Waals surface area (Å²) in [6.45, 7) is 6.54. The van der Waals surface area contributed by atoms with E-state index < -0.39 is 24.5 Å². The highest BCUT2D eigenvalue weighted by Crippen LogP contribution is 2.36. The van der Waals surface area contributed by atoms with E-state index in [0.29, 0.717) is 35.1 Å². The molecule has 4 atom stereocenters. The van der Waals surface area contributed by atoms with Gasteiger partial charge in [-0.05, 0) is 19.3 Å². The van der Waals surface area contributed by atoms with Crippen LogP contribution in [0.1, 0.15) is 220 Å². The van der Waals surface area contributed by atoms with Crippen LogP contribution in [-0.2, 0) is 33.3 Å². The number of H-pyrrole nitrogens is 1. The van der Waals surface area contributed by atoms with Gasteiger partial charge in [-0.15, -0.1) is 0 Å². The number of aromatic nitrogens is 4. The molecule has 0 spiro atoms. The second-order valence-corrected chi connectivity index (χ2v) is 16.8. The molecule has 0 saturated carbocycles. The largest absolute Gasteiger partial charge is 0.463 e. The number of ether oxygens (including phenoxy) is 4. The van der Waals surface area contributed by atoms with E-state index in [1.165, 1.54) is 109 Å². The maximum Gasteiger partial charge on any atom is 0.306 e. The number of unbranched alkanes of at least 4 members (excludes halogenated alkanes) is 24. The minimum Gasteiger partial charge on any atom is -0.463 e. The molecule has 2 aromatic rings. The first-order valence-corrected chi connectivity index (χ1v) is 23.9. The van der Waals surface area contributed by atoms with E-state index in [4.69, 9.17) is 31.2 Å². The van der Waals surface area contributed by atoms with Gasteiger partial charge in [-0.25, -0.2) is 9.97 Å². The van der Waals surface area contributed by atoms with Gasteiger partial charge in [0.05, 0.1) is 12.7 Å². The first-order chi connectivity index (χ1) is 28.4. The highest BCUT2D eigenvalue weighted by atomic mass is 32.1. The summed E-state index contributed by atoms with van der Waals surface area (Å²) in [4.78, 5) is 51.6. The molecule has 1 saturated heterocycles. The number of fused-ring (bicyclic) bond motifs is 1. The molecular formula is C46H78N4O7S. The molecule has 58 heavy (non-hydrogen) atoms. The molecule has 0 unspecified atom stereocenters. The van der Waals surface area contributed by atoms with Crippen LogP contribution in [0.4, 0.5) is 0 Å². The highest BCUT2D eigenvalue weighted by Gasteiger charge is 2.51. The van der Waals surface area contributed by atoms with Crippen molar-refractivity contribution < 1.29 is 33.3 Å². The van der Waals surface area contributed by atoms with Crippen LogP contribution in [0.15, 0.2) is 12.7 Å². The summed E-state index contributed by atoms with van der Waals surface area (Å²) in [6, 6.07) is 0. The van der Waals surface area contributed by atoms with Crippen LogP contribution in [-0.4, -0.2) is 62.3 Å². The quantitative estimate of drug-likeness (QED) is 0.0309. The predicted molar refractivity (Wildman–Crippen MR) is 233 cm³/mol. The summed E-state index contributed by atoms with van der Waals surface area (Å²) in [5, 5.41) is 0. The number of carbonyl (C=O) groups is 3. The standard InChI is InChI=1S/C46H78N4O7S/c1-4-7-10-13-16-19-22-25-28-31-38(51)54-34-37-42(56-39(52)32-29-26-23-20-17-14-11-8-5-2)43(57-40(53)33-30-27-24-21-18-15-12-9-6-3)46(55-37)50-36-49-41-44(50)47-35-48-45(41)58/h35-37,42-43,46H,4-34H2,1-3H3,(H,47,48,58)/t37-,42-,43-,46+/m0/s1. The van der Waals surface area contributed by atoms with Crippen LogP contribution in [0.5, 0.6) is 0 Å². The van der Waals surface area contributed by atoms with E-state index in [2.05, 4.69) is 35.7 Å². The van der Waals surface area contributed by atoms with Crippen LogP contribution in [0.3, 0.4) is 0 Å². The van der Waals surface area contributed by atoms with E-state index in [-0.39, 0.29) is 37.4 Å². The normalized spacial score (nSPS) is 17.8. The Morgan fingerprint density at radius 3 is 1.48 bits per heavy atom. The Labute approximate surface area is 354 Å². The van der Waals surface area contributed by atoms with Gasteiger partial charge >= 0.3 is 17.9 Å². The van der Waals surface area contributed by atoms with Gasteiger partial charge in [0.15, 0.2) is 23.1 Å². The molecule has 12 heteroatoms. The molecule has 3 rings (SSSR count). The monoisotopic (exact) mass is 831 g/mol. The molecule has 1 aliphatic rings. The molecule has 0 aromatic carbocycles. The average Bonchev–Trinajstić information content (AvgIpc) is 3.79. The lowest BCUT2D eigenvalue weighted by Crippen LogP contribution is -2.41. The SMILES string of the molecule is CCCCCCCCCCCC(=O)OC[C@@H]1O[C@@H](n2cnc3c(=S)nc[nH]c32)[C@@H](OC(=O)CCCCCCCCCCC)[C@H]1OC(=O)CCCCCCCCCCC. The summed E-state index contributed by atoms with van der Waals surface area (Å²) >= 11 is 5.43. The lowest BCUT2D eigenvalue weighted by atomic mass is 10.1. The van der Waals surface area contributed by atoms with Crippen LogP contribution in [0.2, 0.25) is 0 Å². The molecule has 11 nitrogen and oxygen atoms in total. The molecule has 0 bridgehead atoms. The lowest BCUT2D eigenvalue weighted by molar-refractivity contribution is -0.169. The second-order valence-electron chi connectivity index (χ2n) is 16.4. The molecule has 0 aliphatic carbocycles. The molecule has 0 amide bonds. The molecular weight excluding hydrogens is 753 g/mol. The number of aromatic amines is 1. The van der Waals surface area contributed by atoms with Crippen molar-refractivity contribution in [2.75, 3.05) is 6.61 Å². The first-order valence-electron chi connectivity index (χ1n) is 23.5. The molecule has 1 N–H and O–H groups in total. The fourth-order valence-corrected chi connectivity index (χ4v) is 8.01. The van der Waals surface area contributed by atoms with Crippen LogP contribution in [0.25, 0.3) is 11.2 Å². The maximum absolute atomic E-state index is 13.5. The van der Waals surface area contributed by atoms with Crippen molar-refractivity contribution in [3.05, 3.63) is 17.3 Å². The predicted octanol–water partition coefficient (Wildman–Crippen LogP) is 12.5. The zero-order valence-corrected chi connectivity index (χ0v) is 37.3. The lowest BCUT2D eigenvalue weighted by Gasteiger charge is -2.25. The molecule has 2 aromatic heterocycles. The molecule has 0 radical (unpaired) electrons. The van der Waals surface area contributed by atoms with E-state index in [9.17, 15) is 14.4 Å². The van der Waals surface area contributed by atoms with Gasteiger partial charge in [0.1, 0.15) is 23.9 Å². The first kappa shape index (κ1) is 49.5. The number of hydrogen-bond acceptors (Lipinski definition) is 10. The summed E-state index contributed by atoms with van der Waals surface area (Å²) in [7, 11) is 0. The van der Waals surface area contributed by atoms with Gasteiger partial charge in [0, 0.05) is 19.3 Å². The number of rotatable bonds is 35. The van der Waals surface area contributed by atoms with Gasteiger partial charge in [-0.2, -0.15) is 0 Å². The number of carbonyl (C=O) groups excluding carboxylic acids is 3. The number of nitrogens with one attached hydrogen (secondary N) is 1. The Hall–Kier alpha value is -2.86. The van der Waals surface area contributed by atoms with E-state index in [0.717, 1.165) is 57.8 Å². The summed E-state index contributed by atoms with van der Waals surface area (Å²) in [5.41, 5.74) is 1.00. The van der Waals surface area contributed by atoms with Gasteiger partial charge < -0.3 is 23.9 Å². The maximum atomic E-state index is 13.5. The molecule has 330 valence electrons. The number of hydrogen-bond donors (Lipinski definition) is 1. The molecule has 1 aliphatic heterocycles. The highest BCUT2D eigenvalue weighted by molar-refractivity contribution is 7.71. The van der Waals surface area contributed by atoms with Crippen molar-refractivity contribution in [1.29, 1.82) is 0 Å². The minimum absolute atomic E-state index is 0.140. The van der Waals surface area contributed by atoms with Crippen molar-refractivity contribution >= 4 is 41.3 Å². The Morgan fingerprint density at radius 1 is 0.603 bits per heavy atom. The van der Waals surface area contributed by atoms with E-state index in [1.54, 1.807) is 10.9 Å². The third-order valence-electron chi connectivity index (χ3n) is 11.3. The summed E-state index contributed by atoms with van der Waals surface area (Å²) in [6.07, 6.45) is 30.8. The van der Waals surface area contributed by atoms with E-state index >= 15 is 0 Å². The Bertz CT molecular complexity index is 1460. The van der Waals surface area contributed by atoms with Crippen molar-refractivity contribution in [3.8, 4) is 0 Å². The number of esters is 3. The third kappa shape index (κ3) is 19.5. The molecule has 3 heterocycles. The molecule has 1 fully saturated rings. The Morgan fingerprint density at radius 2 is 1.02 bits per heavy atom. The van der Waals surface area contributed by atoms with Crippen LogP contribution < -0.4 is 0 Å². The van der Waals surface area contributed by atoms with Crippen LogP contribution in [0, 0.1) is 4.64 Å². The summed E-state index contributed by atoms with van der Waals surface area (Å²) in [5.74, 6) is -1.09. The minimum atomic E-state index is -1.01. The smallest absolute Gasteiger partial charge is 0.306 e. The third-order valence-corrected chi connectivity index (χ3v) is 11.6. The van der Waals surface area contributed by atoms with Gasteiger partial charge in [-0.1, -0.05) is 187 Å². The topological polar surface area (TPSA) is 135 Å². The zero-order chi connectivity index (χ0) is 41.6. The Kier molecular flexibility index (Phi) is 26.5.